The predicted octanol–water partition coefficient (Wildman–Crippen LogP) is 3.53. The third-order valence-electron chi connectivity index (χ3n) is 4.57. The van der Waals surface area contributed by atoms with E-state index >= 15 is 0 Å². The molecule has 1 heterocycles. The molecular formula is C21H21N3O3. The van der Waals surface area contributed by atoms with Crippen molar-refractivity contribution >= 4 is 10.9 Å². The van der Waals surface area contributed by atoms with Crippen LogP contribution in [0.5, 0.6) is 5.75 Å². The SMILES string of the molecule is CCC(O)c1c(O)ccc2c(=O)n(-c3ccc(C#N)cc3)c(C(C)C)nc12. The number of aromatic hydroxyl groups is 1. The third kappa shape index (κ3) is 3.18. The maximum absolute atomic E-state index is 13.3. The molecule has 0 aliphatic heterocycles. The van der Waals surface area contributed by atoms with Gasteiger partial charge in [-0.25, -0.2) is 4.98 Å². The van der Waals surface area contributed by atoms with Gasteiger partial charge in [-0.05, 0) is 42.8 Å². The molecule has 0 aliphatic carbocycles. The van der Waals surface area contributed by atoms with Gasteiger partial charge in [0.05, 0.1) is 34.3 Å². The van der Waals surface area contributed by atoms with Crippen molar-refractivity contribution in [3.05, 3.63) is 63.7 Å². The van der Waals surface area contributed by atoms with Crippen molar-refractivity contribution in [3.63, 3.8) is 0 Å². The lowest BCUT2D eigenvalue weighted by Gasteiger charge is -2.19. The van der Waals surface area contributed by atoms with Crippen LogP contribution in [0.2, 0.25) is 0 Å². The smallest absolute Gasteiger partial charge is 0.265 e. The Labute approximate surface area is 157 Å². The molecule has 6 heteroatoms. The van der Waals surface area contributed by atoms with Gasteiger partial charge in [-0.2, -0.15) is 5.26 Å². The number of hydrogen-bond donors (Lipinski definition) is 2. The summed E-state index contributed by atoms with van der Waals surface area (Å²) in [6, 6.07) is 11.7. The van der Waals surface area contributed by atoms with E-state index in [1.807, 2.05) is 13.8 Å². The van der Waals surface area contributed by atoms with E-state index < -0.39 is 6.10 Å². The Bertz CT molecular complexity index is 1090. The summed E-state index contributed by atoms with van der Waals surface area (Å²) >= 11 is 0. The van der Waals surface area contributed by atoms with Crippen LogP contribution in [0.15, 0.2) is 41.2 Å². The van der Waals surface area contributed by atoms with Gasteiger partial charge in [-0.1, -0.05) is 20.8 Å². The molecule has 0 bridgehead atoms. The molecule has 6 nitrogen and oxygen atoms in total. The Morgan fingerprint density at radius 3 is 2.41 bits per heavy atom. The molecule has 1 aromatic heterocycles. The second kappa shape index (κ2) is 7.22. The minimum absolute atomic E-state index is 0.0745. The van der Waals surface area contributed by atoms with E-state index in [1.165, 1.54) is 16.7 Å². The molecule has 0 amide bonds. The number of fused-ring (bicyclic) bond motifs is 1. The Hall–Kier alpha value is -3.17. The molecule has 1 unspecified atom stereocenters. The first-order chi connectivity index (χ1) is 12.9. The lowest BCUT2D eigenvalue weighted by molar-refractivity contribution is 0.171. The van der Waals surface area contributed by atoms with Gasteiger partial charge in [0.2, 0.25) is 0 Å². The topological polar surface area (TPSA) is 99.1 Å². The maximum atomic E-state index is 13.3. The summed E-state index contributed by atoms with van der Waals surface area (Å²) in [5.74, 6) is 0.369. The zero-order valence-electron chi connectivity index (χ0n) is 15.5. The Morgan fingerprint density at radius 1 is 1.19 bits per heavy atom. The van der Waals surface area contributed by atoms with E-state index in [-0.39, 0.29) is 22.8 Å². The quantitative estimate of drug-likeness (QED) is 0.739. The monoisotopic (exact) mass is 363 g/mol. The molecule has 0 radical (unpaired) electrons. The van der Waals surface area contributed by atoms with Crippen LogP contribution in [-0.4, -0.2) is 19.8 Å². The highest BCUT2D eigenvalue weighted by Gasteiger charge is 2.21. The largest absolute Gasteiger partial charge is 0.507 e. The summed E-state index contributed by atoms with van der Waals surface area (Å²) in [5.41, 5.74) is 1.44. The molecule has 0 saturated carbocycles. The van der Waals surface area contributed by atoms with Gasteiger partial charge >= 0.3 is 0 Å². The van der Waals surface area contributed by atoms with E-state index in [1.54, 1.807) is 31.2 Å². The maximum Gasteiger partial charge on any atom is 0.265 e. The molecule has 3 aromatic rings. The first-order valence-electron chi connectivity index (χ1n) is 8.86. The van der Waals surface area contributed by atoms with Crippen LogP contribution < -0.4 is 5.56 Å². The number of nitriles is 1. The molecule has 1 atom stereocenters. The van der Waals surface area contributed by atoms with Crippen LogP contribution in [-0.2, 0) is 0 Å². The van der Waals surface area contributed by atoms with Gasteiger partial charge in [-0.3, -0.25) is 9.36 Å². The second-order valence-corrected chi connectivity index (χ2v) is 6.74. The van der Waals surface area contributed by atoms with E-state index in [4.69, 9.17) is 5.26 Å². The minimum atomic E-state index is -0.911. The summed E-state index contributed by atoms with van der Waals surface area (Å²) in [5, 5.41) is 29.9. The molecule has 3 rings (SSSR count). The van der Waals surface area contributed by atoms with Crippen LogP contribution in [0.4, 0.5) is 0 Å². The molecule has 0 saturated heterocycles. The average molecular weight is 363 g/mol. The summed E-state index contributed by atoms with van der Waals surface area (Å²) in [4.78, 5) is 17.9. The first-order valence-corrected chi connectivity index (χ1v) is 8.86. The fraction of sp³-hybridized carbons (Fsp3) is 0.286. The Balaban J connectivity index is 2.40. The molecule has 2 N–H and O–H groups in total. The number of phenols is 1. The van der Waals surface area contributed by atoms with Gasteiger partial charge in [0, 0.05) is 11.5 Å². The molecule has 0 aliphatic rings. The Kier molecular flexibility index (Phi) is 4.98. The lowest BCUT2D eigenvalue weighted by atomic mass is 10.0. The van der Waals surface area contributed by atoms with E-state index in [0.717, 1.165) is 0 Å². The number of benzene rings is 2. The minimum Gasteiger partial charge on any atom is -0.507 e. The highest BCUT2D eigenvalue weighted by molar-refractivity contribution is 5.84. The number of nitrogens with zero attached hydrogens (tertiary/aromatic N) is 3. The Morgan fingerprint density at radius 2 is 1.85 bits per heavy atom. The fourth-order valence-electron chi connectivity index (χ4n) is 3.13. The first kappa shape index (κ1) is 18.6. The van der Waals surface area contributed by atoms with Crippen LogP contribution in [0.25, 0.3) is 16.6 Å². The zero-order valence-corrected chi connectivity index (χ0v) is 15.5. The second-order valence-electron chi connectivity index (χ2n) is 6.74. The van der Waals surface area contributed by atoms with Gasteiger partial charge in [-0.15, -0.1) is 0 Å². The molecule has 0 spiro atoms. The van der Waals surface area contributed by atoms with Crippen LogP contribution >= 0.6 is 0 Å². The van der Waals surface area contributed by atoms with Crippen molar-refractivity contribution in [1.29, 1.82) is 5.26 Å². The van der Waals surface area contributed by atoms with E-state index in [9.17, 15) is 15.0 Å². The van der Waals surface area contributed by atoms with Gasteiger partial charge < -0.3 is 10.2 Å². The highest BCUT2D eigenvalue weighted by atomic mass is 16.3. The number of phenolic OH excluding ortho intramolecular Hbond substituents is 1. The molecule has 27 heavy (non-hydrogen) atoms. The average Bonchev–Trinajstić information content (AvgIpc) is 2.67. The molecular weight excluding hydrogens is 342 g/mol. The standard InChI is InChI=1S/C21H21N3O3/c1-4-16(25)18-17(26)10-9-15-19(18)23-20(12(2)3)24(21(15)27)14-7-5-13(11-22)6-8-14/h5-10,12,16,25-26H,4H2,1-3H3. The summed E-state index contributed by atoms with van der Waals surface area (Å²) in [6.45, 7) is 5.64. The van der Waals surface area contributed by atoms with Gasteiger partial charge in [0.1, 0.15) is 11.6 Å². The van der Waals surface area contributed by atoms with Gasteiger partial charge in [0.25, 0.3) is 5.56 Å². The molecule has 0 fully saturated rings. The van der Waals surface area contributed by atoms with Crippen LogP contribution in [0.1, 0.15) is 56.2 Å². The lowest BCUT2D eigenvalue weighted by Crippen LogP contribution is -2.25. The highest BCUT2D eigenvalue weighted by Crippen LogP contribution is 2.32. The third-order valence-corrected chi connectivity index (χ3v) is 4.57. The van der Waals surface area contributed by atoms with Crippen LogP contribution in [0.3, 0.4) is 0 Å². The summed E-state index contributed by atoms with van der Waals surface area (Å²) < 4.78 is 1.52. The number of aliphatic hydroxyl groups excluding tert-OH is 1. The van der Waals surface area contributed by atoms with Crippen molar-refractivity contribution in [2.24, 2.45) is 0 Å². The van der Waals surface area contributed by atoms with E-state index in [2.05, 4.69) is 11.1 Å². The summed E-state index contributed by atoms with van der Waals surface area (Å²) in [7, 11) is 0. The molecule has 2 aromatic carbocycles. The van der Waals surface area contributed by atoms with Crippen molar-refractivity contribution in [2.75, 3.05) is 0 Å². The zero-order chi connectivity index (χ0) is 19.7. The number of aromatic nitrogens is 2. The van der Waals surface area contributed by atoms with Crippen molar-refractivity contribution in [2.45, 2.75) is 39.2 Å². The van der Waals surface area contributed by atoms with Crippen molar-refractivity contribution in [1.82, 2.24) is 9.55 Å². The number of rotatable bonds is 4. The molecule has 138 valence electrons. The van der Waals surface area contributed by atoms with E-state index in [0.29, 0.717) is 34.4 Å². The number of hydrogen-bond acceptors (Lipinski definition) is 5. The predicted molar refractivity (Wildman–Crippen MR) is 103 cm³/mol. The van der Waals surface area contributed by atoms with Crippen molar-refractivity contribution < 1.29 is 10.2 Å². The summed E-state index contributed by atoms with van der Waals surface area (Å²) in [6.07, 6.45) is -0.518. The van der Waals surface area contributed by atoms with Gasteiger partial charge in [0.15, 0.2) is 0 Å². The van der Waals surface area contributed by atoms with Crippen LogP contribution in [0, 0.1) is 11.3 Å². The number of aliphatic hydroxyl groups is 1. The fourth-order valence-corrected chi connectivity index (χ4v) is 3.13. The van der Waals surface area contributed by atoms with Crippen molar-refractivity contribution in [3.8, 4) is 17.5 Å². The normalized spacial score (nSPS) is 12.3.